The Kier molecular flexibility index (Phi) is 5.43. The summed E-state index contributed by atoms with van der Waals surface area (Å²) >= 11 is 0. The third kappa shape index (κ3) is 4.15. The van der Waals surface area contributed by atoms with E-state index in [9.17, 15) is 10.2 Å². The molecule has 0 aliphatic heterocycles. The molecule has 132 valence electrons. The normalized spacial score (nSPS) is 11.8. The molecule has 0 amide bonds. The lowest BCUT2D eigenvalue weighted by atomic mass is 9.94. The van der Waals surface area contributed by atoms with Crippen molar-refractivity contribution in [2.45, 2.75) is 26.2 Å². The van der Waals surface area contributed by atoms with Gasteiger partial charge in [-0.3, -0.25) is 0 Å². The highest BCUT2D eigenvalue weighted by molar-refractivity contribution is 5.91. The molecule has 1 unspecified atom stereocenters. The van der Waals surface area contributed by atoms with Gasteiger partial charge in [-0.25, -0.2) is 0 Å². The Morgan fingerprint density at radius 2 is 1.23 bits per heavy atom. The van der Waals surface area contributed by atoms with Crippen molar-refractivity contribution in [2.75, 3.05) is 0 Å². The van der Waals surface area contributed by atoms with Gasteiger partial charge in [-0.2, -0.15) is 0 Å². The van der Waals surface area contributed by atoms with Crippen LogP contribution in [-0.4, -0.2) is 10.2 Å². The summed E-state index contributed by atoms with van der Waals surface area (Å²) in [7, 11) is 0. The second kappa shape index (κ2) is 7.92. The maximum atomic E-state index is 9.59. The Labute approximate surface area is 155 Å². The lowest BCUT2D eigenvalue weighted by Crippen LogP contribution is -1.91. The van der Waals surface area contributed by atoms with E-state index in [0.29, 0.717) is 5.92 Å². The Morgan fingerprint density at radius 3 is 1.65 bits per heavy atom. The third-order valence-corrected chi connectivity index (χ3v) is 4.79. The van der Waals surface area contributed by atoms with Gasteiger partial charge in [0.25, 0.3) is 0 Å². The highest BCUT2D eigenvalue weighted by Crippen LogP contribution is 2.29. The summed E-state index contributed by atoms with van der Waals surface area (Å²) in [6.07, 6.45) is 3.26. The van der Waals surface area contributed by atoms with E-state index in [4.69, 9.17) is 0 Å². The molecule has 0 aliphatic carbocycles. The largest absolute Gasteiger partial charge is 0.508 e. The SMILES string of the molecule is CCC(C)c1ccc(C=C(c2ccc(O)cc2)c2ccc(O)cc2)cc1. The average molecular weight is 344 g/mol. The Morgan fingerprint density at radius 1 is 0.769 bits per heavy atom. The maximum absolute atomic E-state index is 9.59. The first kappa shape index (κ1) is 17.8. The van der Waals surface area contributed by atoms with E-state index >= 15 is 0 Å². The van der Waals surface area contributed by atoms with Gasteiger partial charge in [0, 0.05) is 0 Å². The van der Waals surface area contributed by atoms with Crippen LogP contribution in [0.25, 0.3) is 11.6 Å². The molecule has 0 bridgehead atoms. The number of hydrogen-bond acceptors (Lipinski definition) is 2. The molecular formula is C24H24O2. The molecule has 0 radical (unpaired) electrons. The lowest BCUT2D eigenvalue weighted by Gasteiger charge is -2.11. The minimum absolute atomic E-state index is 0.247. The van der Waals surface area contributed by atoms with Gasteiger partial charge in [0.2, 0.25) is 0 Å². The van der Waals surface area contributed by atoms with Gasteiger partial charge in [-0.15, -0.1) is 0 Å². The zero-order valence-corrected chi connectivity index (χ0v) is 15.2. The summed E-state index contributed by atoms with van der Waals surface area (Å²) in [5, 5.41) is 19.2. The second-order valence-corrected chi connectivity index (χ2v) is 6.63. The van der Waals surface area contributed by atoms with E-state index in [1.807, 2.05) is 24.3 Å². The summed E-state index contributed by atoms with van der Waals surface area (Å²) < 4.78 is 0. The first-order valence-corrected chi connectivity index (χ1v) is 8.97. The van der Waals surface area contributed by atoms with Gasteiger partial charge < -0.3 is 10.2 Å². The molecule has 1 atom stereocenters. The molecule has 0 heterocycles. The number of hydrogen-bond donors (Lipinski definition) is 2. The monoisotopic (exact) mass is 344 g/mol. The fourth-order valence-corrected chi connectivity index (χ4v) is 2.94. The van der Waals surface area contributed by atoms with E-state index in [2.05, 4.69) is 44.2 Å². The van der Waals surface area contributed by atoms with Crippen LogP contribution in [0.2, 0.25) is 0 Å². The molecule has 2 heteroatoms. The van der Waals surface area contributed by atoms with Crippen molar-refractivity contribution in [3.8, 4) is 11.5 Å². The summed E-state index contributed by atoms with van der Waals surface area (Å²) in [5.74, 6) is 1.05. The van der Waals surface area contributed by atoms with Crippen molar-refractivity contribution in [1.82, 2.24) is 0 Å². The Bertz CT molecular complexity index is 826. The van der Waals surface area contributed by atoms with Crippen molar-refractivity contribution in [2.24, 2.45) is 0 Å². The van der Waals surface area contributed by atoms with E-state index in [-0.39, 0.29) is 11.5 Å². The van der Waals surface area contributed by atoms with E-state index in [0.717, 1.165) is 28.7 Å². The molecule has 0 aromatic heterocycles. The fraction of sp³-hybridized carbons (Fsp3) is 0.167. The number of phenolic OH excluding ortho intramolecular Hbond substituents is 2. The van der Waals surface area contributed by atoms with E-state index in [1.54, 1.807) is 24.3 Å². The molecule has 2 N–H and O–H groups in total. The van der Waals surface area contributed by atoms with Crippen LogP contribution in [0.4, 0.5) is 0 Å². The van der Waals surface area contributed by atoms with Crippen LogP contribution < -0.4 is 0 Å². The lowest BCUT2D eigenvalue weighted by molar-refractivity contribution is 0.475. The van der Waals surface area contributed by atoms with Crippen molar-refractivity contribution < 1.29 is 10.2 Å². The van der Waals surface area contributed by atoms with Gasteiger partial charge in [0.05, 0.1) is 0 Å². The van der Waals surface area contributed by atoms with Gasteiger partial charge >= 0.3 is 0 Å². The van der Waals surface area contributed by atoms with Crippen LogP contribution in [0.3, 0.4) is 0 Å². The molecule has 3 aromatic carbocycles. The average Bonchev–Trinajstić information content (AvgIpc) is 2.67. The molecule has 3 aromatic rings. The molecule has 0 fully saturated rings. The van der Waals surface area contributed by atoms with Crippen molar-refractivity contribution in [3.05, 3.63) is 95.1 Å². The zero-order chi connectivity index (χ0) is 18.5. The molecule has 0 saturated heterocycles. The molecule has 3 rings (SSSR count). The minimum atomic E-state index is 0.247. The molecular weight excluding hydrogens is 320 g/mol. The quantitative estimate of drug-likeness (QED) is 0.541. The van der Waals surface area contributed by atoms with Crippen LogP contribution >= 0.6 is 0 Å². The minimum Gasteiger partial charge on any atom is -0.508 e. The highest BCUT2D eigenvalue weighted by Gasteiger charge is 2.07. The standard InChI is InChI=1S/C24H24O2/c1-3-17(2)19-6-4-18(5-7-19)16-24(20-8-12-22(25)13-9-20)21-10-14-23(26)15-11-21/h4-17,25-26H,3H2,1-2H3. The summed E-state index contributed by atoms with van der Waals surface area (Å²) in [5.41, 5.74) is 5.54. The second-order valence-electron chi connectivity index (χ2n) is 6.63. The van der Waals surface area contributed by atoms with Gasteiger partial charge in [-0.05, 0) is 70.5 Å². The van der Waals surface area contributed by atoms with Crippen LogP contribution in [0.1, 0.15) is 48.4 Å². The topological polar surface area (TPSA) is 40.5 Å². The maximum Gasteiger partial charge on any atom is 0.115 e. The van der Waals surface area contributed by atoms with Crippen LogP contribution in [0.15, 0.2) is 72.8 Å². The van der Waals surface area contributed by atoms with Crippen LogP contribution in [0, 0.1) is 0 Å². The molecule has 26 heavy (non-hydrogen) atoms. The number of rotatable bonds is 5. The number of benzene rings is 3. The van der Waals surface area contributed by atoms with Crippen molar-refractivity contribution in [1.29, 1.82) is 0 Å². The first-order chi connectivity index (χ1) is 12.6. The Balaban J connectivity index is 2.03. The smallest absolute Gasteiger partial charge is 0.115 e. The molecule has 0 aliphatic rings. The van der Waals surface area contributed by atoms with Crippen LogP contribution in [0.5, 0.6) is 11.5 Å². The summed E-state index contributed by atoms with van der Waals surface area (Å²) in [6.45, 7) is 4.44. The highest BCUT2D eigenvalue weighted by atomic mass is 16.3. The van der Waals surface area contributed by atoms with Crippen molar-refractivity contribution >= 4 is 11.6 Å². The van der Waals surface area contributed by atoms with Gasteiger partial charge in [-0.1, -0.05) is 62.4 Å². The molecule has 0 saturated carbocycles. The molecule has 2 nitrogen and oxygen atoms in total. The molecule has 0 spiro atoms. The zero-order valence-electron chi connectivity index (χ0n) is 15.2. The predicted molar refractivity (Wildman–Crippen MR) is 108 cm³/mol. The van der Waals surface area contributed by atoms with Gasteiger partial charge in [0.15, 0.2) is 0 Å². The van der Waals surface area contributed by atoms with Crippen LogP contribution in [-0.2, 0) is 0 Å². The Hall–Kier alpha value is -3.00. The predicted octanol–water partition coefficient (Wildman–Crippen LogP) is 6.20. The number of phenols is 2. The summed E-state index contributed by atoms with van der Waals surface area (Å²) in [6, 6.07) is 23.0. The first-order valence-electron chi connectivity index (χ1n) is 8.97. The third-order valence-electron chi connectivity index (χ3n) is 4.79. The van der Waals surface area contributed by atoms with E-state index < -0.39 is 0 Å². The fourth-order valence-electron chi connectivity index (χ4n) is 2.94. The van der Waals surface area contributed by atoms with Gasteiger partial charge in [0.1, 0.15) is 11.5 Å². The summed E-state index contributed by atoms with van der Waals surface area (Å²) in [4.78, 5) is 0. The van der Waals surface area contributed by atoms with Crippen molar-refractivity contribution in [3.63, 3.8) is 0 Å². The van der Waals surface area contributed by atoms with E-state index in [1.165, 1.54) is 5.56 Å². The number of aromatic hydroxyl groups is 2.